The van der Waals surface area contributed by atoms with Crippen molar-refractivity contribution in [2.45, 2.75) is 24.4 Å². The van der Waals surface area contributed by atoms with E-state index in [0.29, 0.717) is 17.9 Å². The van der Waals surface area contributed by atoms with Gasteiger partial charge in [0, 0.05) is 23.9 Å². The lowest BCUT2D eigenvalue weighted by molar-refractivity contribution is -0.286. The van der Waals surface area contributed by atoms with Gasteiger partial charge in [0.2, 0.25) is 5.76 Å². The first-order valence-electron chi connectivity index (χ1n) is 9.72. The molecule has 0 saturated heterocycles. The van der Waals surface area contributed by atoms with Crippen LogP contribution < -0.4 is 19.1 Å². The number of ether oxygens (including phenoxy) is 3. The van der Waals surface area contributed by atoms with E-state index in [1.807, 2.05) is 29.2 Å². The third kappa shape index (κ3) is 2.74. The summed E-state index contributed by atoms with van der Waals surface area (Å²) in [5, 5.41) is 0. The van der Waals surface area contributed by atoms with Crippen LogP contribution in [-0.2, 0) is 18.1 Å². The van der Waals surface area contributed by atoms with Crippen molar-refractivity contribution in [1.82, 2.24) is 0 Å². The molecule has 0 radical (unpaired) electrons. The molecule has 3 aliphatic rings. The maximum absolute atomic E-state index is 13.5. The van der Waals surface area contributed by atoms with Crippen molar-refractivity contribution >= 4 is 5.69 Å². The largest absolute Gasteiger partial charge is 0.586 e. The monoisotopic (exact) mass is 451 g/mol. The number of benzene rings is 2. The fraction of sp³-hybridized carbons (Fsp3) is 0.273. The van der Waals surface area contributed by atoms with Crippen LogP contribution in [0.25, 0.3) is 0 Å². The number of halogens is 5. The van der Waals surface area contributed by atoms with E-state index in [2.05, 4.69) is 9.47 Å². The van der Waals surface area contributed by atoms with Crippen LogP contribution in [0.4, 0.5) is 27.6 Å². The van der Waals surface area contributed by atoms with Gasteiger partial charge < -0.3 is 23.5 Å². The van der Waals surface area contributed by atoms with Gasteiger partial charge in [-0.3, -0.25) is 0 Å². The number of hydrogen-bond acceptors (Lipinski definition) is 5. The Hall–Kier alpha value is -3.43. The molecular formula is C22H14F5NO4. The average molecular weight is 451 g/mol. The van der Waals surface area contributed by atoms with Crippen molar-refractivity contribution < 1.29 is 40.6 Å². The Kier molecular flexibility index (Phi) is 3.66. The molecule has 6 rings (SSSR count). The van der Waals surface area contributed by atoms with Gasteiger partial charge in [-0.05, 0) is 29.8 Å². The van der Waals surface area contributed by atoms with Gasteiger partial charge in [0.05, 0.1) is 12.0 Å². The van der Waals surface area contributed by atoms with Gasteiger partial charge in [-0.2, -0.15) is 13.2 Å². The minimum atomic E-state index is -4.56. The Morgan fingerprint density at radius 3 is 2.41 bits per heavy atom. The lowest BCUT2D eigenvalue weighted by atomic mass is 9.77. The highest BCUT2D eigenvalue weighted by atomic mass is 19.4. The van der Waals surface area contributed by atoms with Gasteiger partial charge in [0.15, 0.2) is 11.5 Å². The summed E-state index contributed by atoms with van der Waals surface area (Å²) in [5.41, 5.74) is 1.63. The maximum Gasteiger partial charge on any atom is 0.586 e. The lowest BCUT2D eigenvalue weighted by Crippen LogP contribution is -2.35. The third-order valence-corrected chi connectivity index (χ3v) is 6.00. The number of fused-ring (bicyclic) bond motifs is 5. The van der Waals surface area contributed by atoms with Crippen molar-refractivity contribution in [2.24, 2.45) is 0 Å². The number of rotatable bonds is 2. The van der Waals surface area contributed by atoms with Crippen molar-refractivity contribution in [1.29, 1.82) is 0 Å². The van der Waals surface area contributed by atoms with Crippen molar-refractivity contribution in [3.05, 3.63) is 71.2 Å². The fourth-order valence-electron chi connectivity index (χ4n) is 4.70. The number of nitrogens with zero attached hydrogens (tertiary/aromatic N) is 1. The molecular weight excluding hydrogens is 437 g/mol. The molecule has 0 bridgehead atoms. The maximum atomic E-state index is 13.5. The molecule has 1 spiro atoms. The highest BCUT2D eigenvalue weighted by molar-refractivity contribution is 5.70. The molecule has 32 heavy (non-hydrogen) atoms. The Bertz CT molecular complexity index is 1240. The number of anilines is 1. The van der Waals surface area contributed by atoms with Crippen LogP contribution in [0.5, 0.6) is 17.2 Å². The molecule has 0 aliphatic carbocycles. The molecule has 0 saturated carbocycles. The summed E-state index contributed by atoms with van der Waals surface area (Å²) in [7, 11) is 0. The summed E-state index contributed by atoms with van der Waals surface area (Å²) < 4.78 is 85.9. The SMILES string of the molecule is FC1(F)Oc2cc3c(cc2O1)C1(CO3)CN(Cc2ccc(C(F)(F)F)o2)c2ccccc21. The zero-order valence-electron chi connectivity index (χ0n) is 16.2. The van der Waals surface area contributed by atoms with E-state index in [0.717, 1.165) is 17.3 Å². The van der Waals surface area contributed by atoms with Crippen molar-refractivity contribution in [2.75, 3.05) is 18.1 Å². The van der Waals surface area contributed by atoms with Crippen molar-refractivity contribution in [3.8, 4) is 17.2 Å². The van der Waals surface area contributed by atoms with Gasteiger partial charge in [0.1, 0.15) is 18.1 Å². The summed E-state index contributed by atoms with van der Waals surface area (Å²) >= 11 is 0. The van der Waals surface area contributed by atoms with E-state index in [9.17, 15) is 22.0 Å². The van der Waals surface area contributed by atoms with Gasteiger partial charge in [-0.25, -0.2) is 0 Å². The normalized spacial score (nSPS) is 22.2. The summed E-state index contributed by atoms with van der Waals surface area (Å²) in [6.45, 7) is 0.700. The molecule has 1 unspecified atom stereocenters. The van der Waals surface area contributed by atoms with Crippen LogP contribution in [-0.4, -0.2) is 19.4 Å². The highest BCUT2D eigenvalue weighted by Gasteiger charge is 2.52. The van der Waals surface area contributed by atoms with E-state index >= 15 is 0 Å². The molecule has 1 atom stereocenters. The zero-order valence-corrected chi connectivity index (χ0v) is 16.2. The highest BCUT2D eigenvalue weighted by Crippen LogP contribution is 2.55. The number of para-hydroxylation sites is 1. The molecule has 10 heteroatoms. The van der Waals surface area contributed by atoms with Gasteiger partial charge in [-0.1, -0.05) is 18.2 Å². The van der Waals surface area contributed by atoms with Crippen molar-refractivity contribution in [3.63, 3.8) is 0 Å². The van der Waals surface area contributed by atoms with E-state index < -0.39 is 23.6 Å². The van der Waals surface area contributed by atoms with Gasteiger partial charge >= 0.3 is 12.5 Å². The van der Waals surface area contributed by atoms with E-state index in [1.54, 1.807) is 0 Å². The first kappa shape index (κ1) is 19.3. The molecule has 166 valence electrons. The number of alkyl halides is 5. The number of hydrogen-bond donors (Lipinski definition) is 0. The number of furan rings is 1. The molecule has 0 N–H and O–H groups in total. The van der Waals surface area contributed by atoms with Crippen LogP contribution in [0.1, 0.15) is 22.6 Å². The second-order valence-corrected chi connectivity index (χ2v) is 7.97. The van der Waals surface area contributed by atoms with Crippen LogP contribution in [0.3, 0.4) is 0 Å². The minimum absolute atomic E-state index is 0.0876. The molecule has 3 aromatic rings. The third-order valence-electron chi connectivity index (χ3n) is 6.00. The van der Waals surface area contributed by atoms with Crippen LogP contribution in [0, 0.1) is 0 Å². The Balaban J connectivity index is 1.39. The molecule has 0 amide bonds. The second kappa shape index (κ2) is 6.08. The molecule has 3 aliphatic heterocycles. The summed E-state index contributed by atoms with van der Waals surface area (Å²) in [6, 6.07) is 12.5. The summed E-state index contributed by atoms with van der Waals surface area (Å²) in [5.74, 6) is -0.690. The molecule has 2 aromatic carbocycles. The Morgan fingerprint density at radius 1 is 0.906 bits per heavy atom. The summed E-state index contributed by atoms with van der Waals surface area (Å²) in [4.78, 5) is 1.89. The predicted molar refractivity (Wildman–Crippen MR) is 100 cm³/mol. The Morgan fingerprint density at radius 2 is 1.66 bits per heavy atom. The Labute approximate surface area is 177 Å². The zero-order chi connectivity index (χ0) is 22.3. The summed E-state index contributed by atoms with van der Waals surface area (Å²) in [6.07, 6.45) is -8.31. The second-order valence-electron chi connectivity index (χ2n) is 7.97. The van der Waals surface area contributed by atoms with E-state index in [4.69, 9.17) is 9.15 Å². The van der Waals surface area contributed by atoms with E-state index in [1.165, 1.54) is 18.2 Å². The minimum Gasteiger partial charge on any atom is -0.492 e. The molecule has 1 aromatic heterocycles. The van der Waals surface area contributed by atoms with Crippen LogP contribution in [0.15, 0.2) is 52.9 Å². The lowest BCUT2D eigenvalue weighted by Gasteiger charge is -2.24. The first-order valence-corrected chi connectivity index (χ1v) is 9.72. The van der Waals surface area contributed by atoms with Gasteiger partial charge in [-0.15, -0.1) is 8.78 Å². The van der Waals surface area contributed by atoms with Gasteiger partial charge in [0.25, 0.3) is 0 Å². The topological polar surface area (TPSA) is 44.1 Å². The molecule has 4 heterocycles. The fourth-order valence-corrected chi connectivity index (χ4v) is 4.70. The van der Waals surface area contributed by atoms with Crippen LogP contribution in [0.2, 0.25) is 0 Å². The van der Waals surface area contributed by atoms with E-state index in [-0.39, 0.29) is 30.4 Å². The smallest absolute Gasteiger partial charge is 0.492 e. The quantitative estimate of drug-likeness (QED) is 0.494. The average Bonchev–Trinajstić information content (AvgIpc) is 3.46. The molecule has 5 nitrogen and oxygen atoms in total. The molecule has 0 fully saturated rings. The standard InChI is InChI=1S/C22H14F5NO4/c23-21(24,25)19-6-5-12(30-19)9-28-10-20(13-3-1-2-4-15(13)28)11-29-16-8-18-17(7-14(16)20)31-22(26,27)32-18/h1-8H,9-11H2. The first-order chi connectivity index (χ1) is 15.1. The van der Waals surface area contributed by atoms with Crippen LogP contribution >= 0.6 is 0 Å². The predicted octanol–water partition coefficient (Wildman–Crippen LogP) is 5.32.